The van der Waals surface area contributed by atoms with Crippen molar-refractivity contribution in [1.82, 2.24) is 4.98 Å². The van der Waals surface area contributed by atoms with Crippen molar-refractivity contribution in [2.24, 2.45) is 0 Å². The molecular formula is C10H10N2S. The summed E-state index contributed by atoms with van der Waals surface area (Å²) in [6, 6.07) is 5.99. The Kier molecular flexibility index (Phi) is 2.02. The normalized spacial score (nSPS) is 10.2. The second-order valence-corrected chi connectivity index (χ2v) is 3.82. The highest BCUT2D eigenvalue weighted by Crippen LogP contribution is 2.29. The molecule has 2 aromatic rings. The summed E-state index contributed by atoms with van der Waals surface area (Å²) in [7, 11) is 0. The van der Waals surface area contributed by atoms with E-state index >= 15 is 0 Å². The average molecular weight is 190 g/mol. The van der Waals surface area contributed by atoms with Crippen molar-refractivity contribution < 1.29 is 0 Å². The molecule has 0 radical (unpaired) electrons. The van der Waals surface area contributed by atoms with Gasteiger partial charge in [0, 0.05) is 11.1 Å². The molecule has 2 nitrogen and oxygen atoms in total. The van der Waals surface area contributed by atoms with Crippen LogP contribution in [0.4, 0.5) is 5.82 Å². The molecule has 0 spiro atoms. The fraction of sp³-hybridized carbons (Fsp3) is 0.100. The highest BCUT2D eigenvalue weighted by atomic mass is 32.1. The molecule has 0 aliphatic heterocycles. The molecule has 3 heteroatoms. The summed E-state index contributed by atoms with van der Waals surface area (Å²) in [5, 5.41) is 2.08. The van der Waals surface area contributed by atoms with Crippen molar-refractivity contribution >= 4 is 17.2 Å². The molecule has 0 saturated carbocycles. The van der Waals surface area contributed by atoms with Crippen LogP contribution in [0.5, 0.6) is 0 Å². The number of nitrogen functional groups attached to an aromatic ring is 1. The highest BCUT2D eigenvalue weighted by molar-refractivity contribution is 7.13. The van der Waals surface area contributed by atoms with E-state index in [1.807, 2.05) is 12.1 Å². The number of pyridine rings is 1. The fourth-order valence-electron chi connectivity index (χ4n) is 1.26. The van der Waals surface area contributed by atoms with E-state index in [1.54, 1.807) is 17.5 Å². The predicted octanol–water partition coefficient (Wildman–Crippen LogP) is 2.70. The third-order valence-electron chi connectivity index (χ3n) is 1.91. The van der Waals surface area contributed by atoms with Gasteiger partial charge in [0.2, 0.25) is 0 Å². The lowest BCUT2D eigenvalue weighted by Crippen LogP contribution is -1.88. The van der Waals surface area contributed by atoms with Crippen molar-refractivity contribution in [3.8, 4) is 10.4 Å². The van der Waals surface area contributed by atoms with Gasteiger partial charge in [-0.2, -0.15) is 0 Å². The molecule has 0 aliphatic rings. The smallest absolute Gasteiger partial charge is 0.123 e. The van der Waals surface area contributed by atoms with E-state index in [4.69, 9.17) is 5.73 Å². The molecule has 2 heterocycles. The van der Waals surface area contributed by atoms with Gasteiger partial charge in [0.25, 0.3) is 0 Å². The number of anilines is 1. The van der Waals surface area contributed by atoms with Gasteiger partial charge in [0.1, 0.15) is 5.82 Å². The van der Waals surface area contributed by atoms with E-state index in [2.05, 4.69) is 23.4 Å². The van der Waals surface area contributed by atoms with Gasteiger partial charge in [-0.15, -0.1) is 11.3 Å². The SMILES string of the molecule is Cc1ccsc1-c1ccnc(N)c1. The predicted molar refractivity (Wildman–Crippen MR) is 56.7 cm³/mol. The largest absolute Gasteiger partial charge is 0.384 e. The first-order valence-corrected chi connectivity index (χ1v) is 4.91. The lowest BCUT2D eigenvalue weighted by atomic mass is 10.1. The summed E-state index contributed by atoms with van der Waals surface area (Å²) < 4.78 is 0. The standard InChI is InChI=1S/C10H10N2S/c1-7-3-5-13-10(7)8-2-4-12-9(11)6-8/h2-6H,1H3,(H2,11,12). The molecule has 0 amide bonds. The van der Waals surface area contributed by atoms with Crippen LogP contribution < -0.4 is 5.73 Å². The number of aryl methyl sites for hydroxylation is 1. The Morgan fingerprint density at radius 1 is 1.38 bits per heavy atom. The molecule has 0 saturated heterocycles. The second kappa shape index (κ2) is 3.18. The van der Waals surface area contributed by atoms with Gasteiger partial charge in [-0.05, 0) is 41.6 Å². The monoisotopic (exact) mass is 190 g/mol. The minimum atomic E-state index is 0.574. The third-order valence-corrected chi connectivity index (χ3v) is 2.97. The molecule has 2 N–H and O–H groups in total. The minimum Gasteiger partial charge on any atom is -0.384 e. The first-order chi connectivity index (χ1) is 6.27. The number of thiophene rings is 1. The van der Waals surface area contributed by atoms with Crippen molar-refractivity contribution in [2.45, 2.75) is 6.92 Å². The Hall–Kier alpha value is -1.35. The minimum absolute atomic E-state index is 0.574. The zero-order chi connectivity index (χ0) is 9.26. The maximum Gasteiger partial charge on any atom is 0.123 e. The van der Waals surface area contributed by atoms with Gasteiger partial charge >= 0.3 is 0 Å². The van der Waals surface area contributed by atoms with Crippen molar-refractivity contribution in [3.05, 3.63) is 35.3 Å². The summed E-state index contributed by atoms with van der Waals surface area (Å²) in [5.74, 6) is 0.574. The Bertz CT molecular complexity index is 420. The van der Waals surface area contributed by atoms with E-state index in [9.17, 15) is 0 Å². The third kappa shape index (κ3) is 1.55. The number of nitrogens with two attached hydrogens (primary N) is 1. The fourth-order valence-corrected chi connectivity index (χ4v) is 2.18. The van der Waals surface area contributed by atoms with Gasteiger partial charge in [0.05, 0.1) is 0 Å². The number of hydrogen-bond donors (Lipinski definition) is 1. The molecule has 0 atom stereocenters. The van der Waals surface area contributed by atoms with Crippen molar-refractivity contribution in [3.63, 3.8) is 0 Å². The van der Waals surface area contributed by atoms with E-state index in [1.165, 1.54) is 10.4 Å². The molecule has 0 aliphatic carbocycles. The van der Waals surface area contributed by atoms with Crippen LogP contribution in [0.2, 0.25) is 0 Å². The number of rotatable bonds is 1. The maximum absolute atomic E-state index is 5.61. The van der Waals surface area contributed by atoms with Gasteiger partial charge in [0.15, 0.2) is 0 Å². The Labute approximate surface area is 81.1 Å². The van der Waals surface area contributed by atoms with E-state index in [0.717, 1.165) is 5.56 Å². The second-order valence-electron chi connectivity index (χ2n) is 2.90. The van der Waals surface area contributed by atoms with E-state index < -0.39 is 0 Å². The van der Waals surface area contributed by atoms with Gasteiger partial charge < -0.3 is 5.73 Å². The van der Waals surface area contributed by atoms with Crippen LogP contribution in [-0.4, -0.2) is 4.98 Å². The first-order valence-electron chi connectivity index (χ1n) is 4.03. The zero-order valence-corrected chi connectivity index (χ0v) is 8.14. The van der Waals surface area contributed by atoms with E-state index in [-0.39, 0.29) is 0 Å². The van der Waals surface area contributed by atoms with Crippen LogP contribution in [0, 0.1) is 6.92 Å². The molecule has 2 aromatic heterocycles. The molecule has 0 fully saturated rings. The summed E-state index contributed by atoms with van der Waals surface area (Å²) in [5.41, 5.74) is 8.05. The van der Waals surface area contributed by atoms with Crippen LogP contribution in [0.25, 0.3) is 10.4 Å². The Morgan fingerprint density at radius 2 is 2.23 bits per heavy atom. The van der Waals surface area contributed by atoms with Crippen LogP contribution >= 0.6 is 11.3 Å². The lowest BCUT2D eigenvalue weighted by Gasteiger charge is -1.99. The maximum atomic E-state index is 5.61. The summed E-state index contributed by atoms with van der Waals surface area (Å²) in [6.45, 7) is 2.10. The van der Waals surface area contributed by atoms with Crippen molar-refractivity contribution in [1.29, 1.82) is 0 Å². The van der Waals surface area contributed by atoms with Crippen LogP contribution in [0.1, 0.15) is 5.56 Å². The average Bonchev–Trinajstić information content (AvgIpc) is 2.51. The zero-order valence-electron chi connectivity index (χ0n) is 7.32. The highest BCUT2D eigenvalue weighted by Gasteiger charge is 2.02. The Morgan fingerprint density at radius 3 is 2.85 bits per heavy atom. The lowest BCUT2D eigenvalue weighted by molar-refractivity contribution is 1.34. The quantitative estimate of drug-likeness (QED) is 0.751. The molecule has 0 unspecified atom stereocenters. The molecule has 0 bridgehead atoms. The topological polar surface area (TPSA) is 38.9 Å². The summed E-state index contributed by atoms with van der Waals surface area (Å²) in [6.07, 6.45) is 1.74. The van der Waals surface area contributed by atoms with Gasteiger partial charge in [-0.1, -0.05) is 0 Å². The summed E-state index contributed by atoms with van der Waals surface area (Å²) in [4.78, 5) is 5.23. The molecule has 13 heavy (non-hydrogen) atoms. The molecule has 66 valence electrons. The molecule has 2 rings (SSSR count). The van der Waals surface area contributed by atoms with Crippen LogP contribution in [0.15, 0.2) is 29.8 Å². The first kappa shape index (κ1) is 8.26. The van der Waals surface area contributed by atoms with Crippen LogP contribution in [0.3, 0.4) is 0 Å². The van der Waals surface area contributed by atoms with E-state index in [0.29, 0.717) is 5.82 Å². The summed E-state index contributed by atoms with van der Waals surface area (Å²) >= 11 is 1.73. The number of nitrogens with zero attached hydrogens (tertiary/aromatic N) is 1. The number of hydrogen-bond acceptors (Lipinski definition) is 3. The Balaban J connectivity index is 2.53. The van der Waals surface area contributed by atoms with Crippen molar-refractivity contribution in [2.75, 3.05) is 5.73 Å². The molecule has 0 aromatic carbocycles. The number of aromatic nitrogens is 1. The van der Waals surface area contributed by atoms with Gasteiger partial charge in [-0.3, -0.25) is 0 Å². The van der Waals surface area contributed by atoms with Gasteiger partial charge in [-0.25, -0.2) is 4.98 Å². The van der Waals surface area contributed by atoms with Crippen LogP contribution in [-0.2, 0) is 0 Å². The molecular weight excluding hydrogens is 180 g/mol.